The van der Waals surface area contributed by atoms with E-state index in [1.807, 2.05) is 0 Å². The zero-order valence-electron chi connectivity index (χ0n) is 20.3. The molecule has 2 fully saturated rings. The van der Waals surface area contributed by atoms with Gasteiger partial charge >= 0.3 is 0 Å². The highest BCUT2D eigenvalue weighted by Gasteiger charge is 2.29. The van der Waals surface area contributed by atoms with Gasteiger partial charge in [-0.1, -0.05) is 50.9 Å². The van der Waals surface area contributed by atoms with Gasteiger partial charge in [0.1, 0.15) is 11.6 Å². The zero-order chi connectivity index (χ0) is 23.1. The molecule has 1 saturated heterocycles. The molecule has 2 aromatic carbocycles. The van der Waals surface area contributed by atoms with Gasteiger partial charge in [-0.15, -0.1) is 0 Å². The molecule has 0 radical (unpaired) electrons. The molecule has 1 aromatic heterocycles. The van der Waals surface area contributed by atoms with Crippen molar-refractivity contribution in [1.29, 1.82) is 0 Å². The second kappa shape index (κ2) is 9.13. The molecule has 2 aliphatic rings. The average Bonchev–Trinajstić information content (AvgIpc) is 3.68. The second-order valence-corrected chi connectivity index (χ2v) is 10.5. The molecule has 2 atom stereocenters. The topological polar surface area (TPSA) is 32.3 Å². The Hall–Kier alpha value is -2.33. The molecule has 1 aliphatic heterocycles. The lowest BCUT2D eigenvalue weighted by Crippen LogP contribution is -2.47. The molecule has 3 aromatic rings. The Bertz CT molecular complexity index is 1150. The molecule has 0 N–H and O–H groups in total. The van der Waals surface area contributed by atoms with Crippen LogP contribution in [0.1, 0.15) is 68.8 Å². The van der Waals surface area contributed by atoms with Gasteiger partial charge in [0.15, 0.2) is 0 Å². The normalized spacial score (nSPS) is 18.6. The lowest BCUT2D eigenvalue weighted by atomic mass is 9.87. The Morgan fingerprint density at radius 1 is 0.970 bits per heavy atom. The Kier molecular flexibility index (Phi) is 6.22. The third kappa shape index (κ3) is 4.55. The molecule has 0 amide bonds. The van der Waals surface area contributed by atoms with Crippen molar-refractivity contribution in [1.82, 2.24) is 9.97 Å². The van der Waals surface area contributed by atoms with Gasteiger partial charge in [-0.05, 0) is 67.0 Å². The Labute approximate surface area is 203 Å². The molecule has 1 saturated carbocycles. The van der Waals surface area contributed by atoms with Crippen molar-refractivity contribution in [3.63, 3.8) is 0 Å². The molecule has 2 heterocycles. The van der Waals surface area contributed by atoms with Crippen molar-refractivity contribution in [2.24, 2.45) is 5.92 Å². The number of aryl methyl sites for hydroxylation is 1. The molecule has 2 unspecified atom stereocenters. The van der Waals surface area contributed by atoms with E-state index in [1.54, 1.807) is 0 Å². The smallest absolute Gasteiger partial charge is 0.140 e. The summed E-state index contributed by atoms with van der Waals surface area (Å²) in [6.45, 7) is 12.8. The van der Waals surface area contributed by atoms with Crippen LogP contribution in [-0.4, -0.2) is 36.1 Å². The van der Waals surface area contributed by atoms with Crippen LogP contribution in [0.25, 0.3) is 10.9 Å². The Morgan fingerprint density at radius 2 is 1.70 bits per heavy atom. The van der Waals surface area contributed by atoms with Crippen molar-refractivity contribution in [3.05, 3.63) is 58.4 Å². The van der Waals surface area contributed by atoms with Gasteiger partial charge < -0.3 is 9.80 Å². The van der Waals surface area contributed by atoms with Gasteiger partial charge in [-0.25, -0.2) is 9.97 Å². The molecule has 5 rings (SSSR count). The number of hydrogen-bond donors (Lipinski definition) is 0. The van der Waals surface area contributed by atoms with E-state index in [2.05, 4.69) is 73.9 Å². The zero-order valence-corrected chi connectivity index (χ0v) is 21.1. The first-order valence-electron chi connectivity index (χ1n) is 12.5. The summed E-state index contributed by atoms with van der Waals surface area (Å²) >= 11 is 6.57. The van der Waals surface area contributed by atoms with Gasteiger partial charge in [0.2, 0.25) is 0 Å². The van der Waals surface area contributed by atoms with E-state index in [9.17, 15) is 0 Å². The Morgan fingerprint density at radius 3 is 2.36 bits per heavy atom. The Balaban J connectivity index is 1.46. The first-order chi connectivity index (χ1) is 15.9. The van der Waals surface area contributed by atoms with Crippen LogP contribution < -0.4 is 9.80 Å². The highest BCUT2D eigenvalue weighted by molar-refractivity contribution is 6.33. The maximum Gasteiger partial charge on any atom is 0.140 e. The quantitative estimate of drug-likeness (QED) is 0.397. The molecular formula is C28H35ClN4. The van der Waals surface area contributed by atoms with Gasteiger partial charge in [-0.3, -0.25) is 0 Å². The highest BCUT2D eigenvalue weighted by atomic mass is 35.5. The van der Waals surface area contributed by atoms with E-state index in [1.165, 1.54) is 35.8 Å². The fraction of sp³-hybridized carbons (Fsp3) is 0.500. The monoisotopic (exact) mass is 462 g/mol. The molecule has 174 valence electrons. The second-order valence-electron chi connectivity index (χ2n) is 10.1. The molecular weight excluding hydrogens is 428 g/mol. The van der Waals surface area contributed by atoms with Crippen LogP contribution in [-0.2, 0) is 0 Å². The third-order valence-corrected chi connectivity index (χ3v) is 8.01. The fourth-order valence-corrected chi connectivity index (χ4v) is 5.26. The molecule has 0 bridgehead atoms. The number of hydrogen-bond acceptors (Lipinski definition) is 4. The van der Waals surface area contributed by atoms with Crippen molar-refractivity contribution in [2.75, 3.05) is 36.0 Å². The van der Waals surface area contributed by atoms with Gasteiger partial charge in [0, 0.05) is 37.5 Å². The summed E-state index contributed by atoms with van der Waals surface area (Å²) in [5.74, 6) is 3.87. The summed E-state index contributed by atoms with van der Waals surface area (Å²) in [4.78, 5) is 15.0. The maximum atomic E-state index is 6.57. The largest absolute Gasteiger partial charge is 0.367 e. The summed E-state index contributed by atoms with van der Waals surface area (Å²) in [6.07, 6.45) is 3.62. The van der Waals surface area contributed by atoms with Crippen LogP contribution in [0.15, 0.2) is 36.4 Å². The van der Waals surface area contributed by atoms with Crippen LogP contribution in [0.3, 0.4) is 0 Å². The van der Waals surface area contributed by atoms with E-state index >= 15 is 0 Å². The summed E-state index contributed by atoms with van der Waals surface area (Å²) < 4.78 is 0. The number of halogens is 1. The van der Waals surface area contributed by atoms with Gasteiger partial charge in [0.05, 0.1) is 16.2 Å². The minimum atomic E-state index is 0.524. The first kappa shape index (κ1) is 22.5. The van der Waals surface area contributed by atoms with E-state index in [4.69, 9.17) is 21.6 Å². The number of benzene rings is 2. The summed E-state index contributed by atoms with van der Waals surface area (Å²) in [5.41, 5.74) is 4.82. The van der Waals surface area contributed by atoms with E-state index in [0.29, 0.717) is 17.8 Å². The average molecular weight is 463 g/mol. The summed E-state index contributed by atoms with van der Waals surface area (Å²) in [5, 5.41) is 2.05. The minimum Gasteiger partial charge on any atom is -0.367 e. The van der Waals surface area contributed by atoms with E-state index in [-0.39, 0.29) is 0 Å². The maximum absolute atomic E-state index is 6.57. The van der Waals surface area contributed by atoms with Gasteiger partial charge in [-0.2, -0.15) is 0 Å². The van der Waals surface area contributed by atoms with E-state index in [0.717, 1.165) is 54.0 Å². The first-order valence-corrected chi connectivity index (χ1v) is 12.9. The van der Waals surface area contributed by atoms with Gasteiger partial charge in [0.25, 0.3) is 0 Å². The van der Waals surface area contributed by atoms with Crippen molar-refractivity contribution >= 4 is 34.0 Å². The lowest BCUT2D eigenvalue weighted by molar-refractivity contribution is 0.473. The van der Waals surface area contributed by atoms with Crippen molar-refractivity contribution in [2.45, 2.75) is 58.8 Å². The lowest BCUT2D eigenvalue weighted by Gasteiger charge is -2.37. The summed E-state index contributed by atoms with van der Waals surface area (Å²) in [6, 6.07) is 13.2. The number of anilines is 2. The number of nitrogens with zero attached hydrogens (tertiary/aromatic N) is 4. The van der Waals surface area contributed by atoms with Crippen molar-refractivity contribution < 1.29 is 0 Å². The fourth-order valence-electron chi connectivity index (χ4n) is 4.91. The van der Waals surface area contributed by atoms with Crippen LogP contribution in [0.2, 0.25) is 5.02 Å². The highest BCUT2D eigenvalue weighted by Crippen LogP contribution is 2.41. The standard InChI is InChI=1S/C28H35ClN4/c1-5-19(3)20(4)22-9-10-25-23(17-22)28(31-27(30-25)21-7-8-21)33-14-12-32(13-15-33)26-11-6-18(2)16-24(26)29/h6,9-11,16-17,19-21H,5,7-8,12-15H2,1-4H3. The molecule has 4 nitrogen and oxygen atoms in total. The molecule has 1 aliphatic carbocycles. The number of rotatable bonds is 6. The minimum absolute atomic E-state index is 0.524. The predicted octanol–water partition coefficient (Wildman–Crippen LogP) is 6.95. The molecule has 33 heavy (non-hydrogen) atoms. The van der Waals surface area contributed by atoms with Crippen molar-refractivity contribution in [3.8, 4) is 0 Å². The van der Waals surface area contributed by atoms with Crippen LogP contribution in [0.4, 0.5) is 11.5 Å². The predicted molar refractivity (Wildman–Crippen MR) is 140 cm³/mol. The number of piperazine rings is 1. The van der Waals surface area contributed by atoms with Crippen LogP contribution in [0.5, 0.6) is 0 Å². The summed E-state index contributed by atoms with van der Waals surface area (Å²) in [7, 11) is 0. The third-order valence-electron chi connectivity index (χ3n) is 7.71. The molecule has 0 spiro atoms. The van der Waals surface area contributed by atoms with E-state index < -0.39 is 0 Å². The van der Waals surface area contributed by atoms with Crippen LogP contribution >= 0.6 is 11.6 Å². The SMILES string of the molecule is CCC(C)C(C)c1ccc2nc(C3CC3)nc(N3CCN(c4ccc(C)cc4Cl)CC3)c2c1. The van der Waals surface area contributed by atoms with Crippen LogP contribution in [0, 0.1) is 12.8 Å². The number of fused-ring (bicyclic) bond motifs is 1. The number of aromatic nitrogens is 2. The molecule has 5 heteroatoms.